The number of carbonyl (C=O) groups is 2. The van der Waals surface area contributed by atoms with Crippen LogP contribution in [-0.2, 0) is 19.0 Å². The molecule has 1 saturated carbocycles. The molecule has 12 heteroatoms. The van der Waals surface area contributed by atoms with Gasteiger partial charge in [-0.3, -0.25) is 4.99 Å². The van der Waals surface area contributed by atoms with Crippen LogP contribution in [0.25, 0.3) is 5.76 Å². The van der Waals surface area contributed by atoms with Crippen molar-refractivity contribution in [3.63, 3.8) is 0 Å². The fourth-order valence-electron chi connectivity index (χ4n) is 3.66. The first-order valence-electron chi connectivity index (χ1n) is 11.7. The van der Waals surface area contributed by atoms with Crippen molar-refractivity contribution in [1.82, 2.24) is 4.90 Å². The van der Waals surface area contributed by atoms with E-state index in [1.54, 1.807) is 13.8 Å². The summed E-state index contributed by atoms with van der Waals surface area (Å²) in [5, 5.41) is 10.6. The molecule has 0 spiro atoms. The minimum atomic E-state index is -1.53. The number of aliphatic hydroxyl groups excluding tert-OH is 1. The standard InChI is InChI=1S/C24H30F3N3O6/c1-4-34-23(32)17(11-28-14-6-7-14)22(31)16-10-18(25)21(20(27)19(16)26)30-8-9-36-15(13-30)12-29(3)24(33)35-5-2/h10-11,14-15,31H,4-9,12-13H2,1-3H3. The Hall–Kier alpha value is -3.28. The minimum Gasteiger partial charge on any atom is -0.506 e. The highest BCUT2D eigenvalue weighted by Crippen LogP contribution is 2.33. The van der Waals surface area contributed by atoms with Crippen molar-refractivity contribution in [1.29, 1.82) is 0 Å². The summed E-state index contributed by atoms with van der Waals surface area (Å²) in [5.41, 5.74) is -1.96. The number of morpholine rings is 1. The number of ether oxygens (including phenoxy) is 3. The number of nitrogens with zero attached hydrogens (tertiary/aromatic N) is 3. The Morgan fingerprint density at radius 3 is 2.56 bits per heavy atom. The molecule has 0 aromatic heterocycles. The predicted molar refractivity (Wildman–Crippen MR) is 126 cm³/mol. The maximum atomic E-state index is 15.2. The van der Waals surface area contributed by atoms with Crippen LogP contribution >= 0.6 is 0 Å². The Morgan fingerprint density at radius 1 is 1.22 bits per heavy atom. The van der Waals surface area contributed by atoms with Crippen molar-refractivity contribution in [3.05, 3.63) is 34.7 Å². The zero-order valence-electron chi connectivity index (χ0n) is 20.4. The summed E-state index contributed by atoms with van der Waals surface area (Å²) in [6.07, 6.45) is 1.46. The number of rotatable bonds is 9. The molecule has 0 bridgehead atoms. The van der Waals surface area contributed by atoms with Crippen LogP contribution in [0.1, 0.15) is 32.3 Å². The van der Waals surface area contributed by atoms with Gasteiger partial charge >= 0.3 is 12.1 Å². The van der Waals surface area contributed by atoms with Gasteiger partial charge in [0.25, 0.3) is 0 Å². The molecule has 2 fully saturated rings. The molecule has 1 heterocycles. The molecule has 1 atom stereocenters. The summed E-state index contributed by atoms with van der Waals surface area (Å²) in [6, 6.07) is 0.600. The van der Waals surface area contributed by atoms with Gasteiger partial charge in [-0.2, -0.15) is 0 Å². The van der Waals surface area contributed by atoms with E-state index in [2.05, 4.69) is 4.99 Å². The lowest BCUT2D eigenvalue weighted by molar-refractivity contribution is -0.137. The first kappa shape index (κ1) is 27.3. The molecule has 1 aromatic rings. The molecular weight excluding hydrogens is 483 g/mol. The van der Waals surface area contributed by atoms with Crippen LogP contribution in [0.2, 0.25) is 0 Å². The molecule has 2 aliphatic rings. The Bertz CT molecular complexity index is 1040. The molecule has 1 aliphatic carbocycles. The van der Waals surface area contributed by atoms with Crippen molar-refractivity contribution in [2.45, 2.75) is 38.8 Å². The Balaban J connectivity index is 1.89. The van der Waals surface area contributed by atoms with Gasteiger partial charge in [0.1, 0.15) is 22.8 Å². The maximum absolute atomic E-state index is 15.2. The van der Waals surface area contributed by atoms with Crippen molar-refractivity contribution < 1.29 is 42.1 Å². The minimum absolute atomic E-state index is 0.0272. The number of halogens is 3. The number of aliphatic hydroxyl groups is 1. The normalized spacial score (nSPS) is 18.7. The summed E-state index contributed by atoms with van der Waals surface area (Å²) < 4.78 is 60.8. The van der Waals surface area contributed by atoms with Crippen LogP contribution in [-0.4, -0.2) is 86.9 Å². The van der Waals surface area contributed by atoms with Crippen LogP contribution in [0.3, 0.4) is 0 Å². The van der Waals surface area contributed by atoms with Crippen molar-refractivity contribution >= 4 is 29.7 Å². The fourth-order valence-corrected chi connectivity index (χ4v) is 3.66. The second-order valence-electron chi connectivity index (χ2n) is 8.39. The average Bonchev–Trinajstić information content (AvgIpc) is 3.66. The first-order chi connectivity index (χ1) is 17.2. The average molecular weight is 514 g/mol. The van der Waals surface area contributed by atoms with Crippen LogP contribution in [0.5, 0.6) is 0 Å². The van der Waals surface area contributed by atoms with Crippen LogP contribution in [0.15, 0.2) is 16.6 Å². The summed E-state index contributed by atoms with van der Waals surface area (Å²) >= 11 is 0. The number of carbonyl (C=O) groups excluding carboxylic acids is 2. The number of esters is 1. The van der Waals surface area contributed by atoms with E-state index in [0.717, 1.165) is 19.1 Å². The molecule has 0 radical (unpaired) electrons. The van der Waals surface area contributed by atoms with E-state index in [-0.39, 0.29) is 45.5 Å². The van der Waals surface area contributed by atoms with Gasteiger partial charge in [-0.15, -0.1) is 0 Å². The van der Waals surface area contributed by atoms with Gasteiger partial charge in [0.15, 0.2) is 11.6 Å². The zero-order valence-corrected chi connectivity index (χ0v) is 20.4. The molecule has 1 N–H and O–H groups in total. The number of hydrogen-bond acceptors (Lipinski definition) is 8. The number of amides is 1. The predicted octanol–water partition coefficient (Wildman–Crippen LogP) is 3.46. The topological polar surface area (TPSA) is 101 Å². The smallest absolute Gasteiger partial charge is 0.409 e. The third kappa shape index (κ3) is 6.48. The van der Waals surface area contributed by atoms with Gasteiger partial charge in [0, 0.05) is 26.4 Å². The fraction of sp³-hybridized carbons (Fsp3) is 0.542. The molecular formula is C24H30F3N3O6. The lowest BCUT2D eigenvalue weighted by Gasteiger charge is -2.36. The third-order valence-corrected chi connectivity index (χ3v) is 5.61. The molecule has 1 aromatic carbocycles. The molecule has 1 amide bonds. The summed E-state index contributed by atoms with van der Waals surface area (Å²) in [4.78, 5) is 30.8. The number of benzene rings is 1. The monoisotopic (exact) mass is 513 g/mol. The van der Waals surface area contributed by atoms with Crippen LogP contribution in [0.4, 0.5) is 23.7 Å². The number of aliphatic imine (C=N–C) groups is 1. The van der Waals surface area contributed by atoms with Gasteiger partial charge < -0.3 is 29.1 Å². The molecule has 1 aliphatic heterocycles. The Labute approximate surface area is 207 Å². The van der Waals surface area contributed by atoms with Gasteiger partial charge in [-0.1, -0.05) is 0 Å². The SMILES string of the molecule is CCOC(=O)C(C=NC1CC1)=C(O)c1cc(F)c(N2CCOC(CN(C)C(=O)OCC)C2)c(F)c1F. The van der Waals surface area contributed by atoms with E-state index in [9.17, 15) is 14.7 Å². The number of hydrogen-bond donors (Lipinski definition) is 1. The summed E-state index contributed by atoms with van der Waals surface area (Å²) in [6.45, 7) is 3.58. The lowest BCUT2D eigenvalue weighted by Crippen LogP contribution is -2.48. The van der Waals surface area contributed by atoms with E-state index < -0.39 is 58.2 Å². The van der Waals surface area contributed by atoms with E-state index in [1.165, 1.54) is 16.8 Å². The van der Waals surface area contributed by atoms with E-state index in [0.29, 0.717) is 6.07 Å². The highest BCUT2D eigenvalue weighted by atomic mass is 19.2. The maximum Gasteiger partial charge on any atom is 0.409 e. The molecule has 3 rings (SSSR count). The van der Waals surface area contributed by atoms with Crippen molar-refractivity contribution in [3.8, 4) is 0 Å². The second kappa shape index (κ2) is 12.1. The zero-order chi connectivity index (χ0) is 26.4. The van der Waals surface area contributed by atoms with Gasteiger partial charge in [0.05, 0.1) is 44.1 Å². The Morgan fingerprint density at radius 2 is 1.92 bits per heavy atom. The molecule has 198 valence electrons. The van der Waals surface area contributed by atoms with Crippen molar-refractivity contribution in [2.24, 2.45) is 4.99 Å². The molecule has 9 nitrogen and oxygen atoms in total. The van der Waals surface area contributed by atoms with Crippen molar-refractivity contribution in [2.75, 3.05) is 51.4 Å². The first-order valence-corrected chi connectivity index (χ1v) is 11.7. The second-order valence-corrected chi connectivity index (χ2v) is 8.39. The third-order valence-electron chi connectivity index (χ3n) is 5.61. The van der Waals surface area contributed by atoms with Crippen LogP contribution < -0.4 is 4.90 Å². The number of anilines is 1. The molecule has 36 heavy (non-hydrogen) atoms. The van der Waals surface area contributed by atoms with Gasteiger partial charge in [-0.05, 0) is 32.8 Å². The largest absolute Gasteiger partial charge is 0.506 e. The quantitative estimate of drug-likeness (QED) is 0.177. The van der Waals surface area contributed by atoms with Crippen LogP contribution in [0, 0.1) is 17.5 Å². The van der Waals surface area contributed by atoms with Gasteiger partial charge in [-0.25, -0.2) is 22.8 Å². The molecule has 1 unspecified atom stereocenters. The van der Waals surface area contributed by atoms with Gasteiger partial charge in [0.2, 0.25) is 0 Å². The summed E-state index contributed by atoms with van der Waals surface area (Å²) in [7, 11) is 1.50. The summed E-state index contributed by atoms with van der Waals surface area (Å²) in [5.74, 6) is -6.17. The van der Waals surface area contributed by atoms with E-state index in [1.807, 2.05) is 0 Å². The molecule has 1 saturated heterocycles. The van der Waals surface area contributed by atoms with E-state index in [4.69, 9.17) is 14.2 Å². The lowest BCUT2D eigenvalue weighted by atomic mass is 10.1. The Kier molecular flexibility index (Phi) is 9.19. The highest BCUT2D eigenvalue weighted by molar-refractivity contribution is 6.15. The van der Waals surface area contributed by atoms with E-state index >= 15 is 13.2 Å². The number of likely N-dealkylation sites (N-methyl/N-ethyl adjacent to an activating group) is 1. The highest BCUT2D eigenvalue weighted by Gasteiger charge is 2.31.